The van der Waals surface area contributed by atoms with Crippen LogP contribution in [0.5, 0.6) is 5.75 Å². The lowest BCUT2D eigenvalue weighted by molar-refractivity contribution is 0.244. The number of rotatable bonds is 10. The molecule has 0 radical (unpaired) electrons. The fourth-order valence-electron chi connectivity index (χ4n) is 3.41. The number of nitrogens with zero attached hydrogens (tertiary/aromatic N) is 2. The van der Waals surface area contributed by atoms with E-state index in [1.165, 1.54) is 30.8 Å². The van der Waals surface area contributed by atoms with Crippen LogP contribution in [0.3, 0.4) is 0 Å². The number of piperidine rings is 1. The number of nitrogens with one attached hydrogen (secondary N) is 3. The zero-order valence-electron chi connectivity index (χ0n) is 21.7. The lowest BCUT2D eigenvalue weighted by Crippen LogP contribution is -2.38. The van der Waals surface area contributed by atoms with Gasteiger partial charge in [0.2, 0.25) is 5.95 Å². The largest absolute Gasteiger partial charge is 0.460 e. The molecule has 7 nitrogen and oxygen atoms in total. The predicted octanol–water partition coefficient (Wildman–Crippen LogP) is 6.45. The Labute approximate surface area is 223 Å². The van der Waals surface area contributed by atoms with Crippen LogP contribution in [0.25, 0.3) is 4.91 Å². The Hall–Kier alpha value is -2.57. The molecule has 2 aromatic rings. The van der Waals surface area contributed by atoms with Gasteiger partial charge in [0.15, 0.2) is 16.8 Å². The number of allylic oxidation sites excluding steroid dienone is 2. The molecule has 0 spiro atoms. The van der Waals surface area contributed by atoms with Crippen molar-refractivity contribution in [1.29, 1.82) is 0 Å². The maximum absolute atomic E-state index is 14.8. The summed E-state index contributed by atoms with van der Waals surface area (Å²) < 4.78 is 59.2. The van der Waals surface area contributed by atoms with Gasteiger partial charge in [0.25, 0.3) is 0 Å². The molecule has 3 N–H and O–H groups in total. The average molecular weight is 558 g/mol. The van der Waals surface area contributed by atoms with Gasteiger partial charge >= 0.3 is 5.76 Å². The fraction of sp³-hybridized carbons (Fsp3) is 0.440. The van der Waals surface area contributed by atoms with Crippen molar-refractivity contribution in [3.05, 3.63) is 58.7 Å². The molecule has 1 saturated heterocycles. The number of alkyl halides is 2. The summed E-state index contributed by atoms with van der Waals surface area (Å²) in [5.41, 5.74) is 0.394. The third-order valence-corrected chi connectivity index (χ3v) is 6.88. The third kappa shape index (κ3) is 9.04. The Kier molecular flexibility index (Phi) is 12.4. The van der Waals surface area contributed by atoms with Gasteiger partial charge in [-0.2, -0.15) is 8.78 Å². The first-order chi connectivity index (χ1) is 17.7. The van der Waals surface area contributed by atoms with Crippen molar-refractivity contribution in [3.8, 4) is 5.75 Å². The van der Waals surface area contributed by atoms with E-state index < -0.39 is 22.6 Å². The van der Waals surface area contributed by atoms with Crippen LogP contribution in [0.1, 0.15) is 51.8 Å². The van der Waals surface area contributed by atoms with Crippen LogP contribution < -0.4 is 20.1 Å². The summed E-state index contributed by atoms with van der Waals surface area (Å²) >= 11 is 1.36. The van der Waals surface area contributed by atoms with Crippen molar-refractivity contribution in [2.24, 2.45) is 0 Å². The summed E-state index contributed by atoms with van der Waals surface area (Å²) in [5, 5.41) is 6.69. The monoisotopic (exact) mass is 557 g/mol. The summed E-state index contributed by atoms with van der Waals surface area (Å²) in [6.07, 6.45) is 3.75. The van der Waals surface area contributed by atoms with Gasteiger partial charge in [0.1, 0.15) is 11.5 Å². The Morgan fingerprint density at radius 2 is 2.03 bits per heavy atom. The highest BCUT2D eigenvalue weighted by molar-refractivity contribution is 8.11. The molecule has 2 unspecified atom stereocenters. The summed E-state index contributed by atoms with van der Waals surface area (Å²) in [7, 11) is -2.71. The minimum absolute atomic E-state index is 0.0788. The molecule has 204 valence electrons. The Morgan fingerprint density at radius 1 is 1.30 bits per heavy atom. The summed E-state index contributed by atoms with van der Waals surface area (Å²) in [6.45, 7) is 14.8. The smallest absolute Gasteiger partial charge is 0.330 e. The average Bonchev–Trinajstić information content (AvgIpc) is 2.88. The van der Waals surface area contributed by atoms with Crippen LogP contribution in [0, 0.1) is 12.7 Å². The van der Waals surface area contributed by atoms with Gasteiger partial charge < -0.3 is 15.4 Å². The van der Waals surface area contributed by atoms with Crippen molar-refractivity contribution in [2.75, 3.05) is 23.1 Å². The first-order valence-corrected chi connectivity index (χ1v) is 14.0. The first kappa shape index (κ1) is 30.7. The van der Waals surface area contributed by atoms with Crippen LogP contribution in [0.15, 0.2) is 41.6 Å². The molecule has 0 aliphatic carbocycles. The second-order valence-electron chi connectivity index (χ2n) is 7.95. The maximum atomic E-state index is 14.8. The van der Waals surface area contributed by atoms with E-state index >= 15 is 0 Å². The molecule has 3 rings (SSSR count). The minimum Gasteiger partial charge on any atom is -0.460 e. The molecule has 2 heterocycles. The molecule has 37 heavy (non-hydrogen) atoms. The van der Waals surface area contributed by atoms with E-state index in [4.69, 9.17) is 4.74 Å². The van der Waals surface area contributed by atoms with Crippen LogP contribution in [-0.4, -0.2) is 39.1 Å². The molecule has 1 aliphatic heterocycles. The Morgan fingerprint density at radius 3 is 2.65 bits per heavy atom. The SMILES string of the molecule is C=C(C)S/C(=C(\C)Oc1ccc(NS(=O)C(F)F)c(F)c1C)c1ccnc(NC2CCCNC2)n1.CC. The van der Waals surface area contributed by atoms with Crippen molar-refractivity contribution >= 4 is 39.3 Å². The molecule has 0 amide bonds. The number of aromatic nitrogens is 2. The van der Waals surface area contributed by atoms with Crippen molar-refractivity contribution < 1.29 is 22.1 Å². The van der Waals surface area contributed by atoms with Gasteiger partial charge in [-0.15, -0.1) is 0 Å². The minimum atomic E-state index is -3.14. The zero-order chi connectivity index (χ0) is 27.5. The highest BCUT2D eigenvalue weighted by Gasteiger charge is 2.20. The fourth-order valence-corrected chi connectivity index (χ4v) is 4.63. The van der Waals surface area contributed by atoms with Gasteiger partial charge in [-0.25, -0.2) is 18.6 Å². The number of thioether (sulfide) groups is 1. The number of anilines is 2. The predicted molar refractivity (Wildman–Crippen MR) is 147 cm³/mol. The van der Waals surface area contributed by atoms with Crippen LogP contribution in [0.2, 0.25) is 0 Å². The molecular formula is C25H34F3N5O2S2. The first-order valence-electron chi connectivity index (χ1n) is 11.9. The van der Waals surface area contributed by atoms with E-state index in [-0.39, 0.29) is 23.0 Å². The maximum Gasteiger partial charge on any atom is 0.330 e. The second-order valence-corrected chi connectivity index (χ2v) is 10.4. The zero-order valence-corrected chi connectivity index (χ0v) is 23.3. The molecule has 2 atom stereocenters. The van der Waals surface area contributed by atoms with Crippen LogP contribution >= 0.6 is 11.8 Å². The van der Waals surface area contributed by atoms with E-state index in [9.17, 15) is 17.4 Å². The van der Waals surface area contributed by atoms with Gasteiger partial charge in [-0.05, 0) is 63.3 Å². The van der Waals surface area contributed by atoms with E-state index in [1.807, 2.05) is 25.5 Å². The molecular weight excluding hydrogens is 523 g/mol. The lowest BCUT2D eigenvalue weighted by Gasteiger charge is -2.24. The Balaban J connectivity index is 0.00000235. The van der Waals surface area contributed by atoms with Crippen molar-refractivity contribution in [2.45, 2.75) is 59.3 Å². The van der Waals surface area contributed by atoms with Crippen LogP contribution in [-0.2, 0) is 11.0 Å². The van der Waals surface area contributed by atoms with Gasteiger partial charge in [0, 0.05) is 24.3 Å². The van der Waals surface area contributed by atoms with Crippen molar-refractivity contribution in [1.82, 2.24) is 15.3 Å². The topological polar surface area (TPSA) is 88.2 Å². The molecule has 0 saturated carbocycles. The Bertz CT molecular complexity index is 1130. The summed E-state index contributed by atoms with van der Waals surface area (Å²) in [6, 6.07) is 4.62. The number of benzene rings is 1. The van der Waals surface area contributed by atoms with Gasteiger partial charge in [-0.3, -0.25) is 4.72 Å². The lowest BCUT2D eigenvalue weighted by atomic mass is 10.1. The number of ether oxygens (including phenoxy) is 1. The van der Waals surface area contributed by atoms with Gasteiger partial charge in [-0.1, -0.05) is 32.2 Å². The van der Waals surface area contributed by atoms with E-state index in [0.717, 1.165) is 30.8 Å². The highest BCUT2D eigenvalue weighted by Crippen LogP contribution is 2.37. The quantitative estimate of drug-likeness (QED) is 0.290. The van der Waals surface area contributed by atoms with Gasteiger partial charge in [0.05, 0.1) is 16.3 Å². The van der Waals surface area contributed by atoms with Crippen molar-refractivity contribution in [3.63, 3.8) is 0 Å². The normalized spacial score (nSPS) is 16.7. The van der Waals surface area contributed by atoms with E-state index in [1.54, 1.807) is 19.2 Å². The highest BCUT2D eigenvalue weighted by atomic mass is 32.2. The molecule has 0 bridgehead atoms. The van der Waals surface area contributed by atoms with Crippen LogP contribution in [0.4, 0.5) is 24.8 Å². The molecule has 1 aliphatic rings. The molecule has 1 aromatic carbocycles. The van der Waals surface area contributed by atoms with E-state index in [2.05, 4.69) is 27.2 Å². The third-order valence-electron chi connectivity index (χ3n) is 5.09. The second kappa shape index (κ2) is 15.0. The standard InChI is InChI=1S/C23H28F3N5O2S2.C2H6/c1-13(2)34-21(18-9-11-28-23(30-18)29-16-6-5-10-27-12-16)15(4)33-19-8-7-17(20(24)14(19)3)31-35(32)22(25)26;1-2/h7-9,11,16,22,27,31H,1,5-6,10,12H2,2-4H3,(H,28,29,30);1-2H3/b21-15+;. The number of halogens is 3. The molecule has 1 fully saturated rings. The number of hydrogen-bond acceptors (Lipinski definition) is 7. The number of hydrogen-bond donors (Lipinski definition) is 3. The summed E-state index contributed by atoms with van der Waals surface area (Å²) in [4.78, 5) is 10.4. The molecule has 1 aromatic heterocycles. The van der Waals surface area contributed by atoms with E-state index in [0.29, 0.717) is 22.3 Å². The summed E-state index contributed by atoms with van der Waals surface area (Å²) in [5.74, 6) is -2.84. The molecule has 12 heteroatoms.